The summed E-state index contributed by atoms with van der Waals surface area (Å²) in [6.45, 7) is 19.6. The molecule has 3 aromatic rings. The fourth-order valence-corrected chi connectivity index (χ4v) is 17.4. The molecule has 20 heteroatoms. The van der Waals surface area contributed by atoms with Gasteiger partial charge in [0.05, 0.1) is 18.1 Å². The number of ether oxygens (including phenoxy) is 3. The lowest BCUT2D eigenvalue weighted by molar-refractivity contribution is -0.123. The van der Waals surface area contributed by atoms with Gasteiger partial charge in [-0.15, -0.1) is 0 Å². The van der Waals surface area contributed by atoms with Crippen molar-refractivity contribution >= 4 is 64.7 Å². The van der Waals surface area contributed by atoms with Gasteiger partial charge in [-0.2, -0.15) is 0 Å². The van der Waals surface area contributed by atoms with Gasteiger partial charge in [0.25, 0.3) is 0 Å². The minimum atomic E-state index is -0.353. The number of piperidine rings is 6. The Morgan fingerprint density at radius 1 is 0.596 bits per heavy atom. The third-order valence-electron chi connectivity index (χ3n) is 22.4. The van der Waals surface area contributed by atoms with Crippen molar-refractivity contribution in [3.8, 4) is 0 Å². The summed E-state index contributed by atoms with van der Waals surface area (Å²) in [5, 5.41) is 3.83. The number of hydrogen-bond donors (Lipinski definition) is 1. The minimum absolute atomic E-state index is 0.00797. The molecule has 11 aliphatic rings. The molecule has 1 N–H and O–H groups in total. The smallest absolute Gasteiger partial charge is 0.410 e. The zero-order chi connectivity index (χ0) is 62.4. The molecular weight excluding hydrogens is 1150 g/mol. The molecule has 6 amide bonds. The molecule has 0 aromatic heterocycles. The molecule has 7 saturated heterocycles. The number of rotatable bonds is 6. The van der Waals surface area contributed by atoms with Crippen molar-refractivity contribution in [1.29, 1.82) is 0 Å². The lowest BCUT2D eigenvalue weighted by atomic mass is 9.73. The number of likely N-dealkylation sites (tertiary alicyclic amines) is 5. The third-order valence-corrected chi connectivity index (χ3v) is 22.7. The normalized spacial score (nSPS) is 25.6. The van der Waals surface area contributed by atoms with Gasteiger partial charge in [-0.25, -0.2) is 18.8 Å². The SMILES string of the molecule is CC(=O)N1CC2(CCN(C3CCN(C(=O)OC4CCC4)CC3)CC2)c2cc(F)ccc21.CC(C)OC(=O)N1C2CCC1CC(N1CCC3(CC1)C(=O)Nc1ccccc13)C2.CCOC(=O)N1CCC(N2CCC3(CC2)CN(C(C)=O)c2ccc(Cl)cc23)CC1. The summed E-state index contributed by atoms with van der Waals surface area (Å²) < 4.78 is 30.2. The average Bonchev–Trinajstić information content (AvgIpc) is 1.87. The van der Waals surface area contributed by atoms with Crippen molar-refractivity contribution in [1.82, 2.24) is 29.4 Å². The first-order valence-electron chi connectivity index (χ1n) is 33.5. The Hall–Kier alpha value is -6.02. The second kappa shape index (κ2) is 26.3. The molecule has 10 aliphatic heterocycles. The van der Waals surface area contributed by atoms with Crippen LogP contribution in [0.25, 0.3) is 0 Å². The summed E-state index contributed by atoms with van der Waals surface area (Å²) in [6, 6.07) is 21.0. The Balaban J connectivity index is 0.000000130. The summed E-state index contributed by atoms with van der Waals surface area (Å²) in [5.41, 5.74) is 5.80. The lowest BCUT2D eigenvalue weighted by Crippen LogP contribution is -2.56. The summed E-state index contributed by atoms with van der Waals surface area (Å²) in [4.78, 5) is 91.1. The van der Waals surface area contributed by atoms with Gasteiger partial charge in [0.1, 0.15) is 11.9 Å². The summed E-state index contributed by atoms with van der Waals surface area (Å²) >= 11 is 6.31. The molecule has 2 unspecified atom stereocenters. The summed E-state index contributed by atoms with van der Waals surface area (Å²) in [6.07, 6.45) is 16.6. The topological polar surface area (TPSA) is 168 Å². The zero-order valence-electron chi connectivity index (χ0n) is 53.0. The molecule has 1 saturated carbocycles. The highest BCUT2D eigenvalue weighted by Crippen LogP contribution is 2.51. The van der Waals surface area contributed by atoms with Crippen LogP contribution in [0.2, 0.25) is 5.02 Å². The zero-order valence-corrected chi connectivity index (χ0v) is 53.8. The minimum Gasteiger partial charge on any atom is -0.450 e. The number of benzene rings is 3. The molecule has 3 aromatic carbocycles. The summed E-state index contributed by atoms with van der Waals surface area (Å²) in [5.74, 6) is 0.0596. The van der Waals surface area contributed by atoms with E-state index in [0.717, 1.165) is 209 Å². The Morgan fingerprint density at radius 2 is 1.10 bits per heavy atom. The Kier molecular flexibility index (Phi) is 18.7. The average molecular weight is 1250 g/mol. The van der Waals surface area contributed by atoms with E-state index in [2.05, 4.69) is 32.1 Å². The van der Waals surface area contributed by atoms with Gasteiger partial charge in [0, 0.05) is 116 Å². The van der Waals surface area contributed by atoms with Crippen LogP contribution in [0.3, 0.4) is 0 Å². The van der Waals surface area contributed by atoms with Crippen LogP contribution in [0.5, 0.6) is 0 Å². The number of nitrogens with one attached hydrogen (secondary N) is 1. The monoisotopic (exact) mass is 1250 g/mol. The van der Waals surface area contributed by atoms with Crippen molar-refractivity contribution in [2.75, 3.05) is 100 Å². The molecule has 8 fully saturated rings. The first kappa shape index (κ1) is 63.1. The van der Waals surface area contributed by atoms with Crippen LogP contribution < -0.4 is 15.1 Å². The number of para-hydroxylation sites is 1. The van der Waals surface area contributed by atoms with Crippen LogP contribution in [0.4, 0.5) is 35.8 Å². The van der Waals surface area contributed by atoms with Crippen molar-refractivity contribution < 1.29 is 47.4 Å². The predicted molar refractivity (Wildman–Crippen MR) is 340 cm³/mol. The summed E-state index contributed by atoms with van der Waals surface area (Å²) in [7, 11) is 0. The second-order valence-electron chi connectivity index (χ2n) is 27.7. The van der Waals surface area contributed by atoms with Crippen molar-refractivity contribution in [3.05, 3.63) is 88.2 Å². The maximum atomic E-state index is 14.0. The molecule has 0 radical (unpaired) electrons. The standard InChI is InChI=1S/C24H32FN3O3.C23H31N3O3.C22H30ClN3O3/c1-17(29)28-16-24(21-15-18(25)5-6-22(21)28)9-13-26(14-10-24)19-7-11-27(12-8-19)23(30)31-20-3-2-4-20;1-15(2)29-22(28)26-16-7-8-17(26)14-18(13-16)25-11-9-23(10-12-25)19-5-3-4-6-20(19)24-21(23)27;1-3-29-21(28)25-10-6-18(7-11-25)24-12-8-22(9-13-24)15-26(16(2)27)20-5-4-17(23)14-19(20)22/h5-6,15,19-20H,2-4,7-14,16H2,1H3;3-6,15-18H,7-14H2,1-2H3,(H,24,27);4-5,14,18H,3,6-13,15H2,1-2H3. The van der Waals surface area contributed by atoms with Gasteiger partial charge in [0.15, 0.2) is 0 Å². The molecule has 2 bridgehead atoms. The van der Waals surface area contributed by atoms with Crippen LogP contribution in [0.15, 0.2) is 60.7 Å². The molecule has 14 rings (SSSR count). The first-order chi connectivity index (χ1) is 42.9. The highest BCUT2D eigenvalue weighted by atomic mass is 35.5. The van der Waals surface area contributed by atoms with Crippen molar-refractivity contribution in [2.24, 2.45) is 0 Å². The number of anilines is 3. The van der Waals surface area contributed by atoms with Gasteiger partial charge < -0.3 is 58.7 Å². The van der Waals surface area contributed by atoms with Gasteiger partial charge >= 0.3 is 18.3 Å². The van der Waals surface area contributed by atoms with E-state index < -0.39 is 0 Å². The number of nitrogens with zero attached hydrogens (tertiary/aromatic N) is 8. The van der Waals surface area contributed by atoms with E-state index in [1.165, 1.54) is 17.2 Å². The van der Waals surface area contributed by atoms with Crippen molar-refractivity contribution in [3.63, 3.8) is 0 Å². The molecular formula is C69H93ClFN9O9. The van der Waals surface area contributed by atoms with E-state index in [-0.39, 0.29) is 70.3 Å². The van der Waals surface area contributed by atoms with E-state index >= 15 is 0 Å². The van der Waals surface area contributed by atoms with Crippen molar-refractivity contribution in [2.45, 2.75) is 202 Å². The highest BCUT2D eigenvalue weighted by Gasteiger charge is 2.53. The Bertz CT molecular complexity index is 3090. The fourth-order valence-electron chi connectivity index (χ4n) is 17.2. The highest BCUT2D eigenvalue weighted by molar-refractivity contribution is 6.30. The van der Waals surface area contributed by atoms with Crippen LogP contribution in [0, 0.1) is 5.82 Å². The van der Waals surface area contributed by atoms with Crippen LogP contribution in [0.1, 0.15) is 160 Å². The number of carbonyl (C=O) groups is 6. The number of amides is 6. The Labute approximate surface area is 530 Å². The van der Waals surface area contributed by atoms with E-state index in [1.807, 2.05) is 75.6 Å². The molecule has 1 aliphatic carbocycles. The predicted octanol–water partition coefficient (Wildman–Crippen LogP) is 10.9. The molecule has 2 atom stereocenters. The van der Waals surface area contributed by atoms with Gasteiger partial charge in [-0.1, -0.05) is 29.8 Å². The maximum Gasteiger partial charge on any atom is 0.410 e. The second-order valence-corrected chi connectivity index (χ2v) is 28.1. The molecule has 482 valence electrons. The first-order valence-corrected chi connectivity index (χ1v) is 33.9. The third kappa shape index (κ3) is 12.7. The van der Waals surface area contributed by atoms with E-state index in [4.69, 9.17) is 25.8 Å². The molecule has 10 heterocycles. The van der Waals surface area contributed by atoms with E-state index in [0.29, 0.717) is 43.4 Å². The maximum absolute atomic E-state index is 14.0. The van der Waals surface area contributed by atoms with E-state index in [9.17, 15) is 33.2 Å². The fraction of sp³-hybridized carbons (Fsp3) is 0.652. The number of hydrogen-bond acceptors (Lipinski definition) is 12. The van der Waals surface area contributed by atoms with Gasteiger partial charge in [-0.3, -0.25) is 14.4 Å². The number of fused-ring (bicyclic) bond motifs is 8. The molecule has 3 spiro atoms. The largest absolute Gasteiger partial charge is 0.450 e. The Morgan fingerprint density at radius 3 is 1.62 bits per heavy atom. The van der Waals surface area contributed by atoms with E-state index in [1.54, 1.807) is 26.0 Å². The molecule has 18 nitrogen and oxygen atoms in total. The van der Waals surface area contributed by atoms with Crippen LogP contribution in [-0.2, 0) is 44.8 Å². The quantitative estimate of drug-likeness (QED) is 0.232. The number of halogens is 2. The number of carbonyl (C=O) groups excluding carboxylic acids is 6. The lowest BCUT2D eigenvalue weighted by Gasteiger charge is -2.46. The van der Waals surface area contributed by atoms with Crippen LogP contribution in [-0.4, -0.2) is 193 Å². The van der Waals surface area contributed by atoms with Gasteiger partial charge in [0.2, 0.25) is 17.7 Å². The van der Waals surface area contributed by atoms with Gasteiger partial charge in [-0.05, 0) is 228 Å². The van der Waals surface area contributed by atoms with Crippen LogP contribution >= 0.6 is 11.6 Å². The molecule has 89 heavy (non-hydrogen) atoms.